The van der Waals surface area contributed by atoms with Gasteiger partial charge in [0.05, 0.1) is 26.4 Å². The molecule has 0 aliphatic heterocycles. The third-order valence-electron chi connectivity index (χ3n) is 21.0. The first-order valence-electron chi connectivity index (χ1n) is 46.0. The first-order valence-corrected chi connectivity index (χ1v) is 49.0. The SMILES string of the molecule is CCCCCCCCCCCCCCCCCCCCC(=O)OC[C@H](COP(=O)(O)OC[C@@H](O)COP(=O)(O)OC[C@@H](COC(=O)CCCCCCCCCCC(C)C)OC(=O)CCCCCCCCCCCCCCCCCCCC)OC(=O)CCCCCCCCCCCCCCCCCCCCC(C)C. The molecule has 0 heterocycles. The highest BCUT2D eigenvalue weighted by Crippen LogP contribution is 2.45. The van der Waals surface area contributed by atoms with Crippen molar-refractivity contribution in [1.29, 1.82) is 0 Å². The van der Waals surface area contributed by atoms with Crippen LogP contribution in [0, 0.1) is 11.8 Å². The van der Waals surface area contributed by atoms with E-state index in [-0.39, 0.29) is 25.7 Å². The Morgan fingerprint density at radius 2 is 0.426 bits per heavy atom. The Morgan fingerprint density at radius 3 is 0.630 bits per heavy atom. The molecule has 0 fully saturated rings. The van der Waals surface area contributed by atoms with Crippen LogP contribution >= 0.6 is 15.6 Å². The standard InChI is InChI=1S/C89H174O17P2/c1-7-9-11-13-15-17-19-21-23-25-30-34-38-42-46-53-59-65-71-86(91)99-77-84(105-88(93)73-68-62-56-48-44-40-36-32-28-27-29-33-37-41-45-51-57-63-69-81(3)4)79-103-107(95,96)101-75-83(90)76-102-108(97,98)104-80-85(78-100-87(92)72-66-60-54-50-49-52-58-64-70-82(5)6)106-89(94)74-67-61-55-47-43-39-35-31-26-24-22-20-18-16-14-12-10-8-2/h81-85,90H,7-80H2,1-6H3,(H,95,96)(H,97,98)/t83-,84-,85-/m1/s1. The molecule has 19 heteroatoms. The molecule has 0 aliphatic rings. The Labute approximate surface area is 664 Å². The van der Waals surface area contributed by atoms with Gasteiger partial charge in [0, 0.05) is 25.7 Å². The molecule has 108 heavy (non-hydrogen) atoms. The highest BCUT2D eigenvalue weighted by molar-refractivity contribution is 7.47. The summed E-state index contributed by atoms with van der Waals surface area (Å²) < 4.78 is 69.0. The van der Waals surface area contributed by atoms with Crippen molar-refractivity contribution in [2.45, 2.75) is 496 Å². The van der Waals surface area contributed by atoms with Gasteiger partial charge in [-0.05, 0) is 37.5 Å². The molecule has 0 aliphatic carbocycles. The molecule has 0 aromatic rings. The van der Waals surface area contributed by atoms with Crippen LogP contribution in [-0.4, -0.2) is 96.7 Å². The quantitative estimate of drug-likeness (QED) is 0.0222. The highest BCUT2D eigenvalue weighted by atomic mass is 31.2. The van der Waals surface area contributed by atoms with Crippen LogP contribution in [0.4, 0.5) is 0 Å². The molecular weight excluding hydrogens is 1400 g/mol. The highest BCUT2D eigenvalue weighted by Gasteiger charge is 2.31. The lowest BCUT2D eigenvalue weighted by Crippen LogP contribution is -2.30. The summed E-state index contributed by atoms with van der Waals surface area (Å²) >= 11 is 0. The fourth-order valence-electron chi connectivity index (χ4n) is 14.0. The molecule has 0 rings (SSSR count). The molecule has 5 atom stereocenters. The fraction of sp³-hybridized carbons (Fsp3) is 0.955. The second-order valence-corrected chi connectivity index (χ2v) is 35.8. The van der Waals surface area contributed by atoms with Gasteiger partial charge in [-0.3, -0.25) is 37.3 Å². The van der Waals surface area contributed by atoms with Crippen LogP contribution < -0.4 is 0 Å². The van der Waals surface area contributed by atoms with Gasteiger partial charge < -0.3 is 33.8 Å². The van der Waals surface area contributed by atoms with Gasteiger partial charge in [0.1, 0.15) is 19.3 Å². The zero-order valence-electron chi connectivity index (χ0n) is 71.2. The number of phosphoric ester groups is 2. The van der Waals surface area contributed by atoms with Crippen molar-refractivity contribution in [2.75, 3.05) is 39.6 Å². The van der Waals surface area contributed by atoms with E-state index in [4.69, 9.17) is 37.0 Å². The molecule has 0 radical (unpaired) electrons. The van der Waals surface area contributed by atoms with Crippen molar-refractivity contribution in [3.05, 3.63) is 0 Å². The zero-order valence-corrected chi connectivity index (χ0v) is 73.0. The maximum atomic E-state index is 13.2. The summed E-state index contributed by atoms with van der Waals surface area (Å²) in [7, 11) is -9.93. The third kappa shape index (κ3) is 82.1. The van der Waals surface area contributed by atoms with Crippen molar-refractivity contribution >= 4 is 39.5 Å². The maximum absolute atomic E-state index is 13.2. The molecule has 0 amide bonds. The molecule has 0 aromatic carbocycles. The van der Waals surface area contributed by atoms with Crippen LogP contribution in [0.15, 0.2) is 0 Å². The van der Waals surface area contributed by atoms with Crippen LogP contribution in [0.5, 0.6) is 0 Å². The number of ether oxygens (including phenoxy) is 4. The normalized spacial score (nSPS) is 13.8. The lowest BCUT2D eigenvalue weighted by atomic mass is 10.0. The molecule has 0 spiro atoms. The summed E-state index contributed by atoms with van der Waals surface area (Å²) in [5.41, 5.74) is 0. The van der Waals surface area contributed by atoms with Gasteiger partial charge in [-0.15, -0.1) is 0 Å². The number of hydrogen-bond donors (Lipinski definition) is 3. The lowest BCUT2D eigenvalue weighted by molar-refractivity contribution is -0.161. The molecule has 0 bridgehead atoms. The number of esters is 4. The minimum Gasteiger partial charge on any atom is -0.462 e. The summed E-state index contributed by atoms with van der Waals surface area (Å²) in [6.07, 6.45) is 73.7. The Bertz CT molecular complexity index is 2060. The Hall–Kier alpha value is -1.94. The first-order chi connectivity index (χ1) is 52.4. The Balaban J connectivity index is 5.24. The molecule has 0 aromatic heterocycles. The van der Waals surface area contributed by atoms with E-state index in [0.717, 1.165) is 102 Å². The van der Waals surface area contributed by atoms with Gasteiger partial charge >= 0.3 is 39.5 Å². The summed E-state index contributed by atoms with van der Waals surface area (Å²) in [5.74, 6) is -0.552. The Kier molecular flexibility index (Phi) is 78.8. The van der Waals surface area contributed by atoms with Gasteiger partial charge in [0.15, 0.2) is 12.2 Å². The van der Waals surface area contributed by atoms with E-state index in [0.29, 0.717) is 25.7 Å². The number of aliphatic hydroxyl groups excluding tert-OH is 1. The van der Waals surface area contributed by atoms with Crippen LogP contribution in [0.3, 0.4) is 0 Å². The van der Waals surface area contributed by atoms with E-state index < -0.39 is 97.5 Å². The fourth-order valence-corrected chi connectivity index (χ4v) is 15.5. The topological polar surface area (TPSA) is 237 Å². The molecular formula is C89H174O17P2. The van der Waals surface area contributed by atoms with Crippen molar-refractivity contribution in [3.63, 3.8) is 0 Å². The van der Waals surface area contributed by atoms with Crippen LogP contribution in [-0.2, 0) is 65.4 Å². The third-order valence-corrected chi connectivity index (χ3v) is 22.9. The van der Waals surface area contributed by atoms with E-state index in [2.05, 4.69) is 41.5 Å². The second-order valence-electron chi connectivity index (χ2n) is 32.9. The minimum atomic E-state index is -4.97. The van der Waals surface area contributed by atoms with Gasteiger partial charge in [0.2, 0.25) is 0 Å². The second kappa shape index (κ2) is 80.3. The van der Waals surface area contributed by atoms with Gasteiger partial charge in [-0.2, -0.15) is 0 Å². The van der Waals surface area contributed by atoms with E-state index in [1.165, 1.54) is 295 Å². The van der Waals surface area contributed by atoms with E-state index in [1.807, 2.05) is 0 Å². The minimum absolute atomic E-state index is 0.108. The summed E-state index contributed by atoms with van der Waals surface area (Å²) in [5, 5.41) is 10.7. The van der Waals surface area contributed by atoms with Crippen LogP contribution in [0.25, 0.3) is 0 Å². The number of carbonyl (C=O) groups is 4. The van der Waals surface area contributed by atoms with Crippen molar-refractivity contribution in [2.24, 2.45) is 11.8 Å². The number of unbranched alkanes of at least 4 members (excludes halogenated alkanes) is 58. The van der Waals surface area contributed by atoms with Crippen LogP contribution in [0.1, 0.15) is 478 Å². The van der Waals surface area contributed by atoms with E-state index in [1.54, 1.807) is 0 Å². The number of carbonyl (C=O) groups excluding carboxylic acids is 4. The first kappa shape index (κ1) is 106. The molecule has 0 saturated heterocycles. The summed E-state index contributed by atoms with van der Waals surface area (Å²) in [6, 6.07) is 0. The van der Waals surface area contributed by atoms with Crippen molar-refractivity contribution in [1.82, 2.24) is 0 Å². The van der Waals surface area contributed by atoms with Crippen molar-refractivity contribution < 1.29 is 80.2 Å². The smallest absolute Gasteiger partial charge is 0.462 e. The van der Waals surface area contributed by atoms with Gasteiger partial charge in [0.25, 0.3) is 0 Å². The van der Waals surface area contributed by atoms with E-state index in [9.17, 15) is 43.2 Å². The number of phosphoric acid groups is 2. The van der Waals surface area contributed by atoms with Gasteiger partial charge in [-0.25, -0.2) is 9.13 Å². The summed E-state index contributed by atoms with van der Waals surface area (Å²) in [4.78, 5) is 73.3. The largest absolute Gasteiger partial charge is 0.472 e. The Morgan fingerprint density at radius 1 is 0.250 bits per heavy atom. The monoisotopic (exact) mass is 1580 g/mol. The average molecular weight is 1580 g/mol. The number of hydrogen-bond acceptors (Lipinski definition) is 15. The predicted octanol–water partition coefficient (Wildman–Crippen LogP) is 27.4. The average Bonchev–Trinajstić information content (AvgIpc) is 0.902. The lowest BCUT2D eigenvalue weighted by Gasteiger charge is -2.21. The summed E-state index contributed by atoms with van der Waals surface area (Å²) in [6.45, 7) is 9.70. The van der Waals surface area contributed by atoms with E-state index >= 15 is 0 Å². The molecule has 0 saturated carbocycles. The van der Waals surface area contributed by atoms with Crippen LogP contribution in [0.2, 0.25) is 0 Å². The number of aliphatic hydroxyl groups is 1. The van der Waals surface area contributed by atoms with Gasteiger partial charge in [-0.1, -0.05) is 427 Å². The molecule has 2 unspecified atom stereocenters. The molecule has 17 nitrogen and oxygen atoms in total. The molecule has 642 valence electrons. The maximum Gasteiger partial charge on any atom is 0.472 e. The molecule has 3 N–H and O–H groups in total. The number of rotatable bonds is 88. The predicted molar refractivity (Wildman–Crippen MR) is 446 cm³/mol. The zero-order chi connectivity index (χ0) is 79.2. The van der Waals surface area contributed by atoms with Crippen molar-refractivity contribution in [3.8, 4) is 0 Å².